The van der Waals surface area contributed by atoms with E-state index in [1.807, 2.05) is 12.3 Å². The number of aryl methyl sites for hydroxylation is 1. The quantitative estimate of drug-likeness (QED) is 0.702. The van der Waals surface area contributed by atoms with E-state index >= 15 is 0 Å². The third kappa shape index (κ3) is 1.94. The Morgan fingerprint density at radius 3 is 2.85 bits per heavy atom. The molecular formula is C10H11ClOS. The van der Waals surface area contributed by atoms with Gasteiger partial charge in [0.25, 0.3) is 0 Å². The summed E-state index contributed by atoms with van der Waals surface area (Å²) < 4.78 is 0. The van der Waals surface area contributed by atoms with E-state index in [0.717, 1.165) is 10.4 Å². The Morgan fingerprint density at radius 1 is 1.69 bits per heavy atom. The van der Waals surface area contributed by atoms with Crippen molar-refractivity contribution in [2.24, 2.45) is 5.92 Å². The third-order valence-electron chi connectivity index (χ3n) is 2.32. The van der Waals surface area contributed by atoms with E-state index in [-0.39, 0.29) is 5.78 Å². The van der Waals surface area contributed by atoms with Gasteiger partial charge in [-0.25, -0.2) is 0 Å². The maximum Gasteiger partial charge on any atom is 0.174 e. The molecule has 3 heteroatoms. The zero-order chi connectivity index (χ0) is 9.42. The largest absolute Gasteiger partial charge is 0.293 e. The normalized spacial score (nSPS) is 16.2. The fraction of sp³-hybridized carbons (Fsp3) is 0.500. The van der Waals surface area contributed by atoms with E-state index in [1.165, 1.54) is 24.2 Å². The van der Waals surface area contributed by atoms with Gasteiger partial charge in [-0.05, 0) is 36.6 Å². The molecule has 0 bridgehead atoms. The van der Waals surface area contributed by atoms with Crippen LogP contribution in [0.2, 0.25) is 5.02 Å². The summed E-state index contributed by atoms with van der Waals surface area (Å²) in [7, 11) is 0. The molecule has 1 fully saturated rings. The molecule has 13 heavy (non-hydrogen) atoms. The predicted octanol–water partition coefficient (Wildman–Crippen LogP) is 3.69. The van der Waals surface area contributed by atoms with E-state index in [2.05, 4.69) is 0 Å². The first-order valence-electron chi connectivity index (χ1n) is 4.45. The molecule has 0 spiro atoms. The van der Waals surface area contributed by atoms with Crippen molar-refractivity contribution in [1.29, 1.82) is 0 Å². The predicted molar refractivity (Wildman–Crippen MR) is 55.7 cm³/mol. The van der Waals surface area contributed by atoms with Crippen molar-refractivity contribution < 1.29 is 4.79 Å². The van der Waals surface area contributed by atoms with E-state index in [4.69, 9.17) is 11.6 Å². The second-order valence-electron chi connectivity index (χ2n) is 3.63. The van der Waals surface area contributed by atoms with Gasteiger partial charge in [-0.1, -0.05) is 11.6 Å². The van der Waals surface area contributed by atoms with E-state index in [0.29, 0.717) is 17.4 Å². The Kier molecular flexibility index (Phi) is 2.43. The molecule has 0 aliphatic heterocycles. The molecule has 0 N–H and O–H groups in total. The Bertz CT molecular complexity index is 339. The minimum Gasteiger partial charge on any atom is -0.293 e. The van der Waals surface area contributed by atoms with Crippen LogP contribution in [-0.2, 0) is 0 Å². The van der Waals surface area contributed by atoms with Crippen LogP contribution in [0.25, 0.3) is 0 Å². The Balaban J connectivity index is 2.14. The summed E-state index contributed by atoms with van der Waals surface area (Å²) in [5.41, 5.74) is 1.02. The van der Waals surface area contributed by atoms with Gasteiger partial charge in [-0.15, -0.1) is 11.3 Å². The average molecular weight is 215 g/mol. The molecule has 1 aliphatic carbocycles. The molecule has 0 atom stereocenters. The van der Waals surface area contributed by atoms with Crippen molar-refractivity contribution >= 4 is 28.7 Å². The molecular weight excluding hydrogens is 204 g/mol. The van der Waals surface area contributed by atoms with Crippen LogP contribution in [0.4, 0.5) is 0 Å². The topological polar surface area (TPSA) is 17.1 Å². The monoisotopic (exact) mass is 214 g/mol. The maximum absolute atomic E-state index is 11.7. The van der Waals surface area contributed by atoms with Crippen LogP contribution >= 0.6 is 22.9 Å². The summed E-state index contributed by atoms with van der Waals surface area (Å²) in [4.78, 5) is 12.4. The van der Waals surface area contributed by atoms with E-state index in [9.17, 15) is 4.79 Å². The Labute approximate surface area is 86.7 Å². The summed E-state index contributed by atoms with van der Waals surface area (Å²) in [6, 6.07) is 0. The zero-order valence-electron chi connectivity index (χ0n) is 7.47. The van der Waals surface area contributed by atoms with Crippen molar-refractivity contribution in [2.45, 2.75) is 26.2 Å². The fourth-order valence-corrected chi connectivity index (χ4v) is 2.54. The number of hydrogen-bond acceptors (Lipinski definition) is 2. The molecule has 1 aromatic heterocycles. The molecule has 1 heterocycles. The fourth-order valence-electron chi connectivity index (χ4n) is 1.29. The molecule has 0 amide bonds. The molecule has 0 aromatic carbocycles. The first-order valence-corrected chi connectivity index (χ1v) is 5.71. The molecule has 70 valence electrons. The molecule has 1 saturated carbocycles. The lowest BCUT2D eigenvalue weighted by Crippen LogP contribution is -1.97. The Morgan fingerprint density at radius 2 is 2.38 bits per heavy atom. The molecule has 0 radical (unpaired) electrons. The highest BCUT2D eigenvalue weighted by Crippen LogP contribution is 2.36. The molecule has 1 nitrogen and oxygen atoms in total. The number of ketones is 1. The number of halogens is 1. The summed E-state index contributed by atoms with van der Waals surface area (Å²) in [5.74, 6) is 0.872. The standard InChI is InChI=1S/C10H11ClOS/c1-6-5-13-10(9(6)11)8(12)4-7-2-3-7/h5,7H,2-4H2,1H3. The summed E-state index contributed by atoms with van der Waals surface area (Å²) in [5, 5.41) is 2.61. The lowest BCUT2D eigenvalue weighted by molar-refractivity contribution is 0.0980. The molecule has 0 saturated heterocycles. The lowest BCUT2D eigenvalue weighted by atomic mass is 10.1. The van der Waals surface area contributed by atoms with Crippen LogP contribution in [0, 0.1) is 12.8 Å². The second kappa shape index (κ2) is 3.43. The number of carbonyl (C=O) groups is 1. The number of rotatable bonds is 3. The van der Waals surface area contributed by atoms with Gasteiger partial charge < -0.3 is 0 Å². The van der Waals surface area contributed by atoms with E-state index in [1.54, 1.807) is 0 Å². The van der Waals surface area contributed by atoms with Gasteiger partial charge in [0, 0.05) is 6.42 Å². The molecule has 1 aromatic rings. The van der Waals surface area contributed by atoms with Crippen LogP contribution in [0.15, 0.2) is 5.38 Å². The highest BCUT2D eigenvalue weighted by molar-refractivity contribution is 7.13. The minimum absolute atomic E-state index is 0.227. The van der Waals surface area contributed by atoms with Gasteiger partial charge in [0.1, 0.15) is 0 Å². The molecule has 1 aliphatic rings. The van der Waals surface area contributed by atoms with Crippen molar-refractivity contribution in [3.05, 3.63) is 20.8 Å². The zero-order valence-corrected chi connectivity index (χ0v) is 9.04. The Hall–Kier alpha value is -0.340. The van der Waals surface area contributed by atoms with Gasteiger partial charge in [0.2, 0.25) is 0 Å². The van der Waals surface area contributed by atoms with Crippen LogP contribution in [0.5, 0.6) is 0 Å². The SMILES string of the molecule is Cc1csc(C(=O)CC2CC2)c1Cl. The number of carbonyl (C=O) groups excluding carboxylic acids is 1. The van der Waals surface area contributed by atoms with Crippen LogP contribution in [-0.4, -0.2) is 5.78 Å². The third-order valence-corrected chi connectivity index (χ3v) is 4.06. The highest BCUT2D eigenvalue weighted by Gasteiger charge is 2.26. The van der Waals surface area contributed by atoms with Crippen molar-refractivity contribution in [3.63, 3.8) is 0 Å². The summed E-state index contributed by atoms with van der Waals surface area (Å²) in [6.45, 7) is 1.94. The highest BCUT2D eigenvalue weighted by atomic mass is 35.5. The van der Waals surface area contributed by atoms with Crippen LogP contribution in [0.1, 0.15) is 34.5 Å². The number of hydrogen-bond donors (Lipinski definition) is 0. The van der Waals surface area contributed by atoms with E-state index < -0.39 is 0 Å². The number of thiophene rings is 1. The summed E-state index contributed by atoms with van der Waals surface area (Å²) in [6.07, 6.45) is 3.13. The van der Waals surface area contributed by atoms with Gasteiger partial charge >= 0.3 is 0 Å². The lowest BCUT2D eigenvalue weighted by Gasteiger charge is -1.96. The van der Waals surface area contributed by atoms with Crippen LogP contribution < -0.4 is 0 Å². The van der Waals surface area contributed by atoms with Gasteiger partial charge in [0.15, 0.2) is 5.78 Å². The summed E-state index contributed by atoms with van der Waals surface area (Å²) >= 11 is 7.47. The van der Waals surface area contributed by atoms with Crippen molar-refractivity contribution in [1.82, 2.24) is 0 Å². The van der Waals surface area contributed by atoms with Gasteiger partial charge in [-0.2, -0.15) is 0 Å². The first kappa shape index (κ1) is 9.22. The molecule has 2 rings (SSSR count). The minimum atomic E-state index is 0.227. The van der Waals surface area contributed by atoms with Crippen molar-refractivity contribution in [3.8, 4) is 0 Å². The first-order chi connectivity index (χ1) is 6.18. The van der Waals surface area contributed by atoms with Crippen LogP contribution in [0.3, 0.4) is 0 Å². The average Bonchev–Trinajstić information content (AvgIpc) is 2.82. The number of Topliss-reactive ketones (excluding diaryl/α,β-unsaturated/α-hetero) is 1. The molecule has 0 unspecified atom stereocenters. The van der Waals surface area contributed by atoms with Crippen molar-refractivity contribution in [2.75, 3.05) is 0 Å². The van der Waals surface area contributed by atoms with Gasteiger partial charge in [0.05, 0.1) is 9.90 Å². The second-order valence-corrected chi connectivity index (χ2v) is 4.89. The maximum atomic E-state index is 11.7. The smallest absolute Gasteiger partial charge is 0.174 e. The van der Waals surface area contributed by atoms with Gasteiger partial charge in [-0.3, -0.25) is 4.79 Å².